The van der Waals surface area contributed by atoms with Crippen LogP contribution in [-0.4, -0.2) is 24.3 Å². The zero-order chi connectivity index (χ0) is 20.5. The number of benzene rings is 2. The first-order valence-corrected chi connectivity index (χ1v) is 8.67. The van der Waals surface area contributed by atoms with Gasteiger partial charge in [0, 0.05) is 12.5 Å². The van der Waals surface area contributed by atoms with Crippen molar-refractivity contribution in [3.63, 3.8) is 0 Å². The van der Waals surface area contributed by atoms with Crippen LogP contribution in [-0.2, 0) is 11.3 Å². The molecule has 0 aromatic heterocycles. The summed E-state index contributed by atoms with van der Waals surface area (Å²) < 4.78 is 60.5. The first-order valence-electron chi connectivity index (χ1n) is 8.67. The van der Waals surface area contributed by atoms with Crippen LogP contribution in [0.1, 0.15) is 30.5 Å². The lowest BCUT2D eigenvalue weighted by molar-refractivity contribution is -0.274. The summed E-state index contributed by atoms with van der Waals surface area (Å²) in [5.41, 5.74) is 0.914. The van der Waals surface area contributed by atoms with Crippen molar-refractivity contribution in [2.75, 3.05) is 7.11 Å². The van der Waals surface area contributed by atoms with Gasteiger partial charge in [0.1, 0.15) is 17.3 Å². The first-order chi connectivity index (χ1) is 13.2. The van der Waals surface area contributed by atoms with Gasteiger partial charge in [-0.2, -0.15) is 0 Å². The van der Waals surface area contributed by atoms with Gasteiger partial charge in [-0.1, -0.05) is 25.1 Å². The lowest BCUT2D eigenvalue weighted by atomic mass is 9.99. The minimum Gasteiger partial charge on any atom is -0.496 e. The predicted octanol–water partition coefficient (Wildman–Crippen LogP) is 4.84. The third-order valence-corrected chi connectivity index (χ3v) is 4.73. The molecule has 8 heteroatoms. The Kier molecular flexibility index (Phi) is 5.49. The van der Waals surface area contributed by atoms with Crippen LogP contribution < -0.4 is 9.47 Å². The highest BCUT2D eigenvalue weighted by Crippen LogP contribution is 2.42. The molecule has 3 rings (SSSR count). The molecule has 0 spiro atoms. The number of nitrogens with zero attached hydrogens (tertiary/aromatic N) is 1. The predicted molar refractivity (Wildman–Crippen MR) is 93.1 cm³/mol. The zero-order valence-corrected chi connectivity index (χ0v) is 15.3. The third kappa shape index (κ3) is 4.21. The van der Waals surface area contributed by atoms with E-state index in [0.29, 0.717) is 23.3 Å². The fourth-order valence-electron chi connectivity index (χ4n) is 3.47. The molecule has 2 unspecified atom stereocenters. The van der Waals surface area contributed by atoms with Gasteiger partial charge in [0.15, 0.2) is 0 Å². The number of carbonyl (C=O) groups is 1. The number of rotatable bonds is 5. The Balaban J connectivity index is 1.86. The fraction of sp³-hybridized carbons (Fsp3) is 0.350. The number of hydrogen-bond acceptors (Lipinski definition) is 3. The van der Waals surface area contributed by atoms with E-state index in [2.05, 4.69) is 4.74 Å². The maximum Gasteiger partial charge on any atom is 0.573 e. The Morgan fingerprint density at radius 1 is 1.14 bits per heavy atom. The Morgan fingerprint density at radius 3 is 2.43 bits per heavy atom. The van der Waals surface area contributed by atoms with Gasteiger partial charge in [-0.15, -0.1) is 13.2 Å². The SMILES string of the molecule is COc1cccc(F)c1C1CC(C)C(=O)N1Cc1ccc(OC(F)(F)F)cc1. The monoisotopic (exact) mass is 397 g/mol. The summed E-state index contributed by atoms with van der Waals surface area (Å²) in [6.45, 7) is 1.90. The second kappa shape index (κ2) is 7.69. The summed E-state index contributed by atoms with van der Waals surface area (Å²) >= 11 is 0. The molecule has 4 nitrogen and oxygen atoms in total. The van der Waals surface area contributed by atoms with Crippen LogP contribution in [0, 0.1) is 11.7 Å². The number of halogens is 4. The van der Waals surface area contributed by atoms with Gasteiger partial charge in [0.25, 0.3) is 0 Å². The van der Waals surface area contributed by atoms with E-state index >= 15 is 0 Å². The van der Waals surface area contributed by atoms with Crippen molar-refractivity contribution in [3.05, 3.63) is 59.4 Å². The lowest BCUT2D eigenvalue weighted by Crippen LogP contribution is -2.29. The molecule has 2 aromatic carbocycles. The molecular formula is C20H19F4NO3. The molecule has 0 saturated carbocycles. The molecule has 1 aliphatic rings. The van der Waals surface area contributed by atoms with Crippen molar-refractivity contribution >= 4 is 5.91 Å². The topological polar surface area (TPSA) is 38.8 Å². The summed E-state index contributed by atoms with van der Waals surface area (Å²) in [6.07, 6.45) is -4.35. The van der Waals surface area contributed by atoms with Gasteiger partial charge in [-0.3, -0.25) is 4.79 Å². The van der Waals surface area contributed by atoms with Gasteiger partial charge in [0.05, 0.1) is 18.7 Å². The zero-order valence-electron chi connectivity index (χ0n) is 15.3. The molecule has 0 radical (unpaired) electrons. The van der Waals surface area contributed by atoms with E-state index in [4.69, 9.17) is 4.74 Å². The molecule has 28 heavy (non-hydrogen) atoms. The summed E-state index contributed by atoms with van der Waals surface area (Å²) in [4.78, 5) is 14.2. The van der Waals surface area contributed by atoms with E-state index in [1.54, 1.807) is 13.0 Å². The summed E-state index contributed by atoms with van der Waals surface area (Å²) in [5.74, 6) is -0.909. The van der Waals surface area contributed by atoms with Crippen LogP contribution in [0.3, 0.4) is 0 Å². The number of methoxy groups -OCH3 is 1. The smallest absolute Gasteiger partial charge is 0.496 e. The minimum atomic E-state index is -4.77. The van der Waals surface area contributed by atoms with Gasteiger partial charge in [0.2, 0.25) is 5.91 Å². The molecular weight excluding hydrogens is 378 g/mol. The van der Waals surface area contributed by atoms with Crippen LogP contribution in [0.2, 0.25) is 0 Å². The number of likely N-dealkylation sites (tertiary alicyclic amines) is 1. The molecule has 0 aliphatic carbocycles. The Labute approximate surface area is 159 Å². The van der Waals surface area contributed by atoms with Crippen molar-refractivity contribution in [2.45, 2.75) is 32.3 Å². The van der Waals surface area contributed by atoms with Gasteiger partial charge in [-0.05, 0) is 36.2 Å². The molecule has 2 atom stereocenters. The maximum atomic E-state index is 14.5. The Hall–Kier alpha value is -2.77. The third-order valence-electron chi connectivity index (χ3n) is 4.73. The van der Waals surface area contributed by atoms with E-state index in [-0.39, 0.29) is 24.1 Å². The minimum absolute atomic E-state index is 0.137. The van der Waals surface area contributed by atoms with Gasteiger partial charge >= 0.3 is 6.36 Å². The second-order valence-corrected chi connectivity index (χ2v) is 6.67. The summed E-state index contributed by atoms with van der Waals surface area (Å²) in [7, 11) is 1.43. The average Bonchev–Trinajstić information content (AvgIpc) is 2.90. The Morgan fingerprint density at radius 2 is 1.82 bits per heavy atom. The number of hydrogen-bond donors (Lipinski definition) is 0. The highest BCUT2D eigenvalue weighted by Gasteiger charge is 2.40. The van der Waals surface area contributed by atoms with Crippen molar-refractivity contribution in [1.82, 2.24) is 4.90 Å². The van der Waals surface area contributed by atoms with Crippen LogP contribution in [0.15, 0.2) is 42.5 Å². The molecule has 1 heterocycles. The largest absolute Gasteiger partial charge is 0.573 e. The Bertz CT molecular complexity index is 852. The fourth-order valence-corrected chi connectivity index (χ4v) is 3.47. The van der Waals surface area contributed by atoms with Crippen molar-refractivity contribution in [2.24, 2.45) is 5.92 Å². The normalized spacial score (nSPS) is 19.8. The molecule has 1 amide bonds. The van der Waals surface area contributed by atoms with E-state index in [1.807, 2.05) is 0 Å². The molecule has 1 saturated heterocycles. The molecule has 0 N–H and O–H groups in total. The van der Waals surface area contributed by atoms with Gasteiger partial charge in [-0.25, -0.2) is 4.39 Å². The van der Waals surface area contributed by atoms with Crippen LogP contribution in [0.4, 0.5) is 17.6 Å². The highest BCUT2D eigenvalue weighted by molar-refractivity contribution is 5.81. The molecule has 1 fully saturated rings. The summed E-state index contributed by atoms with van der Waals surface area (Å²) in [5, 5.41) is 0. The number of ether oxygens (including phenoxy) is 2. The maximum absolute atomic E-state index is 14.5. The molecule has 2 aromatic rings. The van der Waals surface area contributed by atoms with Crippen molar-refractivity contribution < 1.29 is 31.8 Å². The molecule has 1 aliphatic heterocycles. The van der Waals surface area contributed by atoms with E-state index in [0.717, 1.165) is 0 Å². The quantitative estimate of drug-likeness (QED) is 0.678. The van der Waals surface area contributed by atoms with Gasteiger partial charge < -0.3 is 14.4 Å². The average molecular weight is 397 g/mol. The number of alkyl halides is 3. The second-order valence-electron chi connectivity index (χ2n) is 6.67. The van der Waals surface area contributed by atoms with Crippen LogP contribution in [0.5, 0.6) is 11.5 Å². The highest BCUT2D eigenvalue weighted by atomic mass is 19.4. The summed E-state index contributed by atoms with van der Waals surface area (Å²) in [6, 6.07) is 9.23. The number of amides is 1. The molecule has 150 valence electrons. The van der Waals surface area contributed by atoms with Crippen molar-refractivity contribution in [3.8, 4) is 11.5 Å². The van der Waals surface area contributed by atoms with E-state index < -0.39 is 18.2 Å². The first kappa shape index (κ1) is 20.0. The molecule has 0 bridgehead atoms. The van der Waals surface area contributed by atoms with E-state index in [1.165, 1.54) is 48.4 Å². The lowest BCUT2D eigenvalue weighted by Gasteiger charge is -2.27. The number of carbonyl (C=O) groups excluding carboxylic acids is 1. The van der Waals surface area contributed by atoms with Crippen LogP contribution >= 0.6 is 0 Å². The van der Waals surface area contributed by atoms with Crippen LogP contribution in [0.25, 0.3) is 0 Å². The van der Waals surface area contributed by atoms with Crippen molar-refractivity contribution in [1.29, 1.82) is 0 Å². The standard InChI is InChI=1S/C20H19F4NO3/c1-12-10-16(18-15(21)4-3-5-17(18)27-2)25(19(12)26)11-13-6-8-14(9-7-13)28-20(22,23)24/h3-9,12,16H,10-11H2,1-2H3. The van der Waals surface area contributed by atoms with E-state index in [9.17, 15) is 22.4 Å².